The third-order valence-corrected chi connectivity index (χ3v) is 16.2. The Hall–Kier alpha value is -6.43. The summed E-state index contributed by atoms with van der Waals surface area (Å²) in [5.41, 5.74) is 10.6. The molecular weight excluding hydrogens is 791 g/mol. The highest BCUT2D eigenvalue weighted by atomic mass is 32.2. The van der Waals surface area contributed by atoms with Gasteiger partial charge in [0.25, 0.3) is 0 Å². The smallest absolute Gasteiger partial charge is 0.207 e. The van der Waals surface area contributed by atoms with Crippen molar-refractivity contribution < 1.29 is 12.8 Å². The number of sulfone groups is 1. The lowest BCUT2D eigenvalue weighted by molar-refractivity contribution is 0.254. The molecule has 2 aliphatic rings. The Bertz CT molecular complexity index is 3270. The van der Waals surface area contributed by atoms with Crippen LogP contribution in [0.4, 0.5) is 17.1 Å². The van der Waals surface area contributed by atoms with Crippen LogP contribution in [0.1, 0.15) is 50.2 Å². The molecule has 312 valence electrons. The minimum Gasteiger partial charge on any atom is -0.456 e. The van der Waals surface area contributed by atoms with Crippen LogP contribution in [0.15, 0.2) is 190 Å². The van der Waals surface area contributed by atoms with E-state index >= 15 is 8.42 Å². The molecule has 0 aliphatic heterocycles. The molecule has 1 aromatic heterocycles. The van der Waals surface area contributed by atoms with Gasteiger partial charge in [0.1, 0.15) is 11.2 Å². The second kappa shape index (κ2) is 16.0. The van der Waals surface area contributed by atoms with E-state index in [1.807, 2.05) is 49.4 Å². The second-order valence-corrected chi connectivity index (χ2v) is 20.1. The molecule has 0 radical (unpaired) electrons. The zero-order chi connectivity index (χ0) is 42.7. The first kappa shape index (κ1) is 39.4. The van der Waals surface area contributed by atoms with Crippen LogP contribution in [-0.2, 0) is 16.3 Å². The van der Waals surface area contributed by atoms with Crippen molar-refractivity contribution in [3.8, 4) is 22.3 Å². The average Bonchev–Trinajstić information content (AvgIpc) is 3.84. The molecule has 11 rings (SSSR count). The fraction of sp³-hybridized carbons (Fsp3) is 0.207. The first-order valence-corrected chi connectivity index (χ1v) is 24.1. The fourth-order valence-corrected chi connectivity index (χ4v) is 13.2. The Balaban J connectivity index is 1.03. The van der Waals surface area contributed by atoms with Gasteiger partial charge >= 0.3 is 0 Å². The van der Waals surface area contributed by atoms with Crippen molar-refractivity contribution >= 4 is 59.6 Å². The fourth-order valence-electron chi connectivity index (χ4n) is 11.4. The van der Waals surface area contributed by atoms with Gasteiger partial charge in [0.05, 0.1) is 15.5 Å². The Labute approximate surface area is 370 Å². The normalized spacial score (nSPS) is 18.6. The van der Waals surface area contributed by atoms with Gasteiger partial charge < -0.3 is 9.32 Å². The maximum absolute atomic E-state index is 15.0. The molecule has 0 amide bonds. The first-order chi connectivity index (χ1) is 30.8. The summed E-state index contributed by atoms with van der Waals surface area (Å²) in [6, 6.07) is 60.3. The summed E-state index contributed by atoms with van der Waals surface area (Å²) in [7, 11) is -3.87. The summed E-state index contributed by atoms with van der Waals surface area (Å²) in [4.78, 5) is 3.01. The number of para-hydroxylation sites is 1. The van der Waals surface area contributed by atoms with Crippen molar-refractivity contribution in [3.05, 3.63) is 187 Å². The number of benzene rings is 8. The van der Waals surface area contributed by atoms with E-state index in [0.717, 1.165) is 114 Å². The number of fused-ring (bicyclic) bond motifs is 6. The molecule has 2 saturated carbocycles. The molecule has 0 saturated heterocycles. The summed E-state index contributed by atoms with van der Waals surface area (Å²) in [5.74, 6) is 3.01. The van der Waals surface area contributed by atoms with Crippen LogP contribution in [0.2, 0.25) is 0 Å². The van der Waals surface area contributed by atoms with Gasteiger partial charge in [0, 0.05) is 27.5 Å². The van der Waals surface area contributed by atoms with Gasteiger partial charge in [0.15, 0.2) is 0 Å². The lowest BCUT2D eigenvalue weighted by Crippen LogP contribution is -2.16. The summed E-state index contributed by atoms with van der Waals surface area (Å²) < 4.78 is 36.3. The topological polar surface area (TPSA) is 50.5 Å². The minimum atomic E-state index is -3.87. The monoisotopic (exact) mass is 841 g/mol. The summed E-state index contributed by atoms with van der Waals surface area (Å²) in [6.07, 6.45) is 7.02. The number of hydrogen-bond acceptors (Lipinski definition) is 4. The highest BCUT2D eigenvalue weighted by Crippen LogP contribution is 2.50. The molecule has 9 aromatic rings. The highest BCUT2D eigenvalue weighted by molar-refractivity contribution is 7.91. The van der Waals surface area contributed by atoms with E-state index in [9.17, 15) is 0 Å². The zero-order valence-corrected chi connectivity index (χ0v) is 36.7. The molecule has 5 heteroatoms. The van der Waals surface area contributed by atoms with Gasteiger partial charge in [-0.2, -0.15) is 0 Å². The van der Waals surface area contributed by atoms with Crippen LogP contribution in [0.5, 0.6) is 0 Å². The number of aryl methyl sites for hydroxylation is 2. The lowest BCUT2D eigenvalue weighted by Gasteiger charge is -2.28. The first-order valence-electron chi connectivity index (χ1n) is 22.6. The molecule has 2 aliphatic carbocycles. The van der Waals surface area contributed by atoms with Crippen LogP contribution >= 0.6 is 0 Å². The number of nitrogens with zero attached hydrogens (tertiary/aromatic N) is 1. The van der Waals surface area contributed by atoms with Crippen molar-refractivity contribution in [1.29, 1.82) is 0 Å². The van der Waals surface area contributed by atoms with Gasteiger partial charge in [-0.05, 0) is 156 Å². The average molecular weight is 842 g/mol. The summed E-state index contributed by atoms with van der Waals surface area (Å²) in [5, 5.41) is 4.42. The Morgan fingerprint density at radius 1 is 0.587 bits per heavy atom. The van der Waals surface area contributed by atoms with E-state index in [-0.39, 0.29) is 0 Å². The molecule has 8 aromatic carbocycles. The van der Waals surface area contributed by atoms with Crippen molar-refractivity contribution in [1.82, 2.24) is 0 Å². The predicted molar refractivity (Wildman–Crippen MR) is 260 cm³/mol. The zero-order valence-electron chi connectivity index (χ0n) is 35.9. The molecule has 1 unspecified atom stereocenters. The largest absolute Gasteiger partial charge is 0.456 e. The molecule has 2 bridgehead atoms. The van der Waals surface area contributed by atoms with Crippen LogP contribution < -0.4 is 4.90 Å². The van der Waals surface area contributed by atoms with E-state index in [1.165, 1.54) is 25.7 Å². The van der Waals surface area contributed by atoms with E-state index in [0.29, 0.717) is 15.7 Å². The number of anilines is 3. The molecule has 0 N–H and O–H groups in total. The number of hydrogen-bond donors (Lipinski definition) is 0. The summed E-state index contributed by atoms with van der Waals surface area (Å²) in [6.45, 7) is 4.31. The summed E-state index contributed by atoms with van der Waals surface area (Å²) >= 11 is 0. The van der Waals surface area contributed by atoms with Crippen molar-refractivity contribution in [2.24, 2.45) is 23.7 Å². The highest BCUT2D eigenvalue weighted by Gasteiger charge is 2.39. The van der Waals surface area contributed by atoms with Crippen LogP contribution in [0.3, 0.4) is 0 Å². The maximum Gasteiger partial charge on any atom is 0.207 e. The molecule has 4 nitrogen and oxygen atoms in total. The number of furan rings is 1. The van der Waals surface area contributed by atoms with Gasteiger partial charge in [-0.25, -0.2) is 8.42 Å². The van der Waals surface area contributed by atoms with Crippen molar-refractivity contribution in [2.75, 3.05) is 4.90 Å². The van der Waals surface area contributed by atoms with Gasteiger partial charge in [0.2, 0.25) is 9.84 Å². The molecule has 1 heterocycles. The lowest BCUT2D eigenvalue weighted by atomic mass is 9.80. The van der Waals surface area contributed by atoms with E-state index < -0.39 is 9.84 Å². The van der Waals surface area contributed by atoms with Crippen molar-refractivity contribution in [3.63, 3.8) is 0 Å². The van der Waals surface area contributed by atoms with Crippen LogP contribution in [-0.4, -0.2) is 8.42 Å². The van der Waals surface area contributed by atoms with Gasteiger partial charge in [-0.1, -0.05) is 134 Å². The molecule has 2 fully saturated rings. The van der Waals surface area contributed by atoms with E-state index in [1.54, 1.807) is 6.07 Å². The molecule has 0 spiro atoms. The Kier molecular flexibility index (Phi) is 10.0. The minimum absolute atomic E-state index is 0.368. The maximum atomic E-state index is 15.0. The Morgan fingerprint density at radius 3 is 2.13 bits per heavy atom. The quantitative estimate of drug-likeness (QED) is 0.138. The van der Waals surface area contributed by atoms with E-state index in [4.69, 9.17) is 4.42 Å². The second-order valence-electron chi connectivity index (χ2n) is 18.2. The van der Waals surface area contributed by atoms with Gasteiger partial charge in [-0.15, -0.1) is 0 Å². The molecule has 4 atom stereocenters. The Morgan fingerprint density at radius 2 is 1.27 bits per heavy atom. The third-order valence-electron chi connectivity index (χ3n) is 14.2. The molecular formula is C58H51NO3S. The molecule has 63 heavy (non-hydrogen) atoms. The van der Waals surface area contributed by atoms with Crippen LogP contribution in [0, 0.1) is 30.6 Å². The van der Waals surface area contributed by atoms with E-state index in [2.05, 4.69) is 139 Å². The number of rotatable bonds is 10. The SMILES string of the molecule is Cc1ccccc1S(=O)(=O)c1cc(N(c2ccc(-c3ccccc3-c3cccc4oc5ccccc5c34)cc2)c2cccc3ccccc23)ccc1CCC1C[C@@H]2C[C@H](C)C[C@H]1C2. The third kappa shape index (κ3) is 7.13. The van der Waals surface area contributed by atoms with Crippen LogP contribution in [0.25, 0.3) is 55.0 Å². The van der Waals surface area contributed by atoms with Crippen molar-refractivity contribution in [2.45, 2.75) is 62.2 Å². The predicted octanol–water partition coefficient (Wildman–Crippen LogP) is 15.7. The standard InChI is InChI=1S/C58H51NO3S/c1-38-33-40-35-44(45(34-38)36-40)26-25-43-29-32-47(37-57(43)63(60,61)56-24-10-3-13-39(56)2)59(53-21-11-15-41-14-4-5-17-49(41)53)46-30-27-42(28-31-46)48-16-6-7-18-50(48)51-20-12-23-55-58(51)52-19-8-9-22-54(52)62-55/h3-24,27-32,37-38,40,44-45H,25-26,33-36H2,1-2H3/t38-,40-,44?,45-/m0/s1. The van der Waals surface area contributed by atoms with Gasteiger partial charge in [-0.3, -0.25) is 0 Å².